The van der Waals surface area contributed by atoms with Crippen molar-refractivity contribution in [2.75, 3.05) is 0 Å². The fraction of sp³-hybridized carbons (Fsp3) is 0. The molecule has 0 aliphatic carbocycles. The van der Waals surface area contributed by atoms with Gasteiger partial charge in [-0.25, -0.2) is 4.98 Å². The quantitative estimate of drug-likeness (QED) is 0.690. The van der Waals surface area contributed by atoms with E-state index in [0.29, 0.717) is 5.69 Å². The second-order valence-electron chi connectivity index (χ2n) is 3.02. The van der Waals surface area contributed by atoms with Crippen LogP contribution < -0.4 is 0 Å². The lowest BCUT2D eigenvalue weighted by molar-refractivity contribution is 0.103. The second-order valence-corrected chi connectivity index (χ2v) is 3.02. The minimum atomic E-state index is -0.569. The zero-order chi connectivity index (χ0) is 10.7. The van der Waals surface area contributed by atoms with E-state index in [1.807, 2.05) is 30.3 Å². The lowest BCUT2D eigenvalue weighted by Crippen LogP contribution is -1.99. The number of hydrogen-bond acceptors (Lipinski definition) is 3. The first-order valence-electron chi connectivity index (χ1n) is 4.44. The van der Waals surface area contributed by atoms with E-state index in [2.05, 4.69) is 9.97 Å². The van der Waals surface area contributed by atoms with Crippen LogP contribution in [0.4, 0.5) is 0 Å². The van der Waals surface area contributed by atoms with Crippen LogP contribution in [0.1, 0.15) is 10.5 Å². The Labute approximate surface area is 87.8 Å². The summed E-state index contributed by atoms with van der Waals surface area (Å²) in [6.07, 6.45) is 2.95. The Morgan fingerprint density at radius 3 is 2.53 bits per heavy atom. The first-order valence-corrected chi connectivity index (χ1v) is 4.44. The number of rotatable bonds is 2. The van der Waals surface area contributed by atoms with Gasteiger partial charge in [-0.15, -0.1) is 0 Å². The van der Waals surface area contributed by atoms with Crippen molar-refractivity contribution in [3.05, 3.63) is 55.3 Å². The largest absolute Gasteiger partial charge is 0.292 e. The van der Waals surface area contributed by atoms with Crippen LogP contribution in [0.15, 0.2) is 42.7 Å². The first kappa shape index (κ1) is 9.52. The third-order valence-electron chi connectivity index (χ3n) is 1.96. The highest BCUT2D eigenvalue weighted by molar-refractivity contribution is 5.97. The number of carbonyl (C=O) groups is 1. The molecule has 0 aliphatic heterocycles. The van der Waals surface area contributed by atoms with Crippen molar-refractivity contribution in [2.24, 2.45) is 0 Å². The van der Waals surface area contributed by atoms with Crippen molar-refractivity contribution < 1.29 is 4.79 Å². The summed E-state index contributed by atoms with van der Waals surface area (Å²) >= 11 is 0. The minimum Gasteiger partial charge on any atom is -0.292 e. The molecular formula is C12H8N2O. The molecule has 3 nitrogen and oxygen atoms in total. The van der Waals surface area contributed by atoms with Gasteiger partial charge in [0, 0.05) is 12.5 Å². The topological polar surface area (TPSA) is 42.9 Å². The molecule has 0 atom stereocenters. The normalized spacial score (nSPS) is 9.93. The number of carbonyl (C=O) groups excluding carboxylic acids is 1. The summed E-state index contributed by atoms with van der Waals surface area (Å²) in [5, 5.41) is 0. The van der Waals surface area contributed by atoms with Crippen molar-refractivity contribution in [1.29, 1.82) is 0 Å². The van der Waals surface area contributed by atoms with Gasteiger partial charge in [0.1, 0.15) is 5.69 Å². The van der Waals surface area contributed by atoms with E-state index in [1.54, 1.807) is 6.20 Å². The SMILES string of the molecule is [CH]C(=O)c1cncc(-c2ccccc2)n1. The molecule has 72 valence electrons. The number of hydrogen-bond donors (Lipinski definition) is 0. The molecule has 0 saturated heterocycles. The van der Waals surface area contributed by atoms with Crippen LogP contribution in [0.25, 0.3) is 11.3 Å². The molecule has 1 aromatic heterocycles. The molecule has 3 heteroatoms. The molecule has 0 unspecified atom stereocenters. The molecule has 2 radical (unpaired) electrons. The number of benzene rings is 1. The Kier molecular flexibility index (Phi) is 2.54. The summed E-state index contributed by atoms with van der Waals surface area (Å²) in [6, 6.07) is 9.50. The van der Waals surface area contributed by atoms with Crippen LogP contribution in [0.2, 0.25) is 0 Å². The Morgan fingerprint density at radius 1 is 1.13 bits per heavy atom. The van der Waals surface area contributed by atoms with Crippen LogP contribution in [0.3, 0.4) is 0 Å². The summed E-state index contributed by atoms with van der Waals surface area (Å²) in [4.78, 5) is 18.9. The van der Waals surface area contributed by atoms with Crippen molar-refractivity contribution in [2.45, 2.75) is 0 Å². The molecule has 1 heterocycles. The molecule has 15 heavy (non-hydrogen) atoms. The summed E-state index contributed by atoms with van der Waals surface area (Å²) < 4.78 is 0. The second kappa shape index (κ2) is 4.00. The Hall–Kier alpha value is -2.03. The molecule has 0 amide bonds. The van der Waals surface area contributed by atoms with E-state index in [1.165, 1.54) is 6.20 Å². The Balaban J connectivity index is 2.46. The predicted molar refractivity (Wildman–Crippen MR) is 56.1 cm³/mol. The Bertz CT molecular complexity index is 480. The molecule has 2 rings (SSSR count). The van der Waals surface area contributed by atoms with Crippen molar-refractivity contribution in [3.63, 3.8) is 0 Å². The van der Waals surface area contributed by atoms with Gasteiger partial charge in [-0.05, 0) is 0 Å². The summed E-state index contributed by atoms with van der Waals surface area (Å²) in [6.45, 7) is 5.12. The minimum absolute atomic E-state index is 0.177. The highest BCUT2D eigenvalue weighted by atomic mass is 16.1. The van der Waals surface area contributed by atoms with E-state index in [0.717, 1.165) is 5.56 Å². The van der Waals surface area contributed by atoms with Gasteiger partial charge in [-0.2, -0.15) is 0 Å². The van der Waals surface area contributed by atoms with Gasteiger partial charge in [0.15, 0.2) is 5.78 Å². The molecule has 0 bridgehead atoms. The standard InChI is InChI=1S/C12H8N2O/c1-9(15)11-7-13-8-12(14-11)10-5-3-2-4-6-10/h1-8H. The summed E-state index contributed by atoms with van der Waals surface area (Å²) in [5.74, 6) is -0.569. The van der Waals surface area contributed by atoms with Crippen LogP contribution >= 0.6 is 0 Å². The van der Waals surface area contributed by atoms with Crippen LogP contribution in [-0.4, -0.2) is 15.8 Å². The highest BCUT2D eigenvalue weighted by Gasteiger charge is 2.04. The maximum atomic E-state index is 10.9. The molecule has 2 aromatic rings. The molecule has 0 N–H and O–H groups in total. The van der Waals surface area contributed by atoms with Gasteiger partial charge in [0.25, 0.3) is 0 Å². The Morgan fingerprint density at radius 2 is 1.87 bits per heavy atom. The van der Waals surface area contributed by atoms with Crippen molar-refractivity contribution in [1.82, 2.24) is 9.97 Å². The van der Waals surface area contributed by atoms with Gasteiger partial charge >= 0.3 is 0 Å². The number of nitrogens with zero attached hydrogens (tertiary/aromatic N) is 2. The number of ketones is 1. The van der Waals surface area contributed by atoms with Gasteiger partial charge in [0.2, 0.25) is 0 Å². The maximum absolute atomic E-state index is 10.9. The van der Waals surface area contributed by atoms with Crippen LogP contribution in [-0.2, 0) is 0 Å². The van der Waals surface area contributed by atoms with Crippen LogP contribution in [0.5, 0.6) is 0 Å². The van der Waals surface area contributed by atoms with E-state index in [-0.39, 0.29) is 5.69 Å². The average molecular weight is 196 g/mol. The van der Waals surface area contributed by atoms with E-state index >= 15 is 0 Å². The van der Waals surface area contributed by atoms with Crippen LogP contribution in [0, 0.1) is 6.92 Å². The maximum Gasteiger partial charge on any atom is 0.187 e. The lowest BCUT2D eigenvalue weighted by Gasteiger charge is -2.00. The fourth-order valence-electron chi connectivity index (χ4n) is 1.23. The predicted octanol–water partition coefficient (Wildman–Crippen LogP) is 2.04. The van der Waals surface area contributed by atoms with Crippen molar-refractivity contribution >= 4 is 5.78 Å². The monoisotopic (exact) mass is 196 g/mol. The molecule has 0 spiro atoms. The van der Waals surface area contributed by atoms with E-state index < -0.39 is 5.78 Å². The number of aromatic nitrogens is 2. The average Bonchev–Trinajstić information content (AvgIpc) is 2.30. The summed E-state index contributed by atoms with van der Waals surface area (Å²) in [5.41, 5.74) is 1.73. The van der Waals surface area contributed by atoms with E-state index in [9.17, 15) is 4.79 Å². The van der Waals surface area contributed by atoms with Crippen molar-refractivity contribution in [3.8, 4) is 11.3 Å². The summed E-state index contributed by atoms with van der Waals surface area (Å²) in [7, 11) is 0. The van der Waals surface area contributed by atoms with Gasteiger partial charge < -0.3 is 0 Å². The van der Waals surface area contributed by atoms with Gasteiger partial charge in [-0.1, -0.05) is 30.3 Å². The third-order valence-corrected chi connectivity index (χ3v) is 1.96. The van der Waals surface area contributed by atoms with Gasteiger partial charge in [-0.3, -0.25) is 9.78 Å². The first-order chi connectivity index (χ1) is 7.27. The number of Topliss-reactive ketones (excluding diaryl/α,β-unsaturated/α-hetero) is 1. The van der Waals surface area contributed by atoms with Gasteiger partial charge in [0.05, 0.1) is 18.1 Å². The lowest BCUT2D eigenvalue weighted by atomic mass is 10.1. The molecule has 0 aliphatic rings. The highest BCUT2D eigenvalue weighted by Crippen LogP contribution is 2.15. The smallest absolute Gasteiger partial charge is 0.187 e. The molecule has 0 saturated carbocycles. The van der Waals surface area contributed by atoms with E-state index in [4.69, 9.17) is 6.92 Å². The molecular weight excluding hydrogens is 188 g/mol. The molecule has 1 aromatic carbocycles. The third kappa shape index (κ3) is 2.07. The molecule has 0 fully saturated rings. The fourth-order valence-corrected chi connectivity index (χ4v) is 1.23. The zero-order valence-corrected chi connectivity index (χ0v) is 7.92. The zero-order valence-electron chi connectivity index (χ0n) is 7.92.